The van der Waals surface area contributed by atoms with Crippen molar-refractivity contribution in [3.63, 3.8) is 0 Å². The number of sulfonamides is 1. The van der Waals surface area contributed by atoms with Crippen molar-refractivity contribution in [2.45, 2.75) is 24.3 Å². The Balaban J connectivity index is 2.21. The maximum absolute atomic E-state index is 12.4. The van der Waals surface area contributed by atoms with Crippen LogP contribution < -0.4 is 10.0 Å². The van der Waals surface area contributed by atoms with E-state index in [0.29, 0.717) is 0 Å². The Kier molecular flexibility index (Phi) is 4.97. The van der Waals surface area contributed by atoms with Crippen molar-refractivity contribution in [2.24, 2.45) is 5.92 Å². The SMILES string of the molecule is COC(=O)c1cccc(S(=O)(=O)NC2CCNCC2C)c1. The van der Waals surface area contributed by atoms with Crippen molar-refractivity contribution < 1.29 is 17.9 Å². The first-order valence-electron chi connectivity index (χ1n) is 6.85. The van der Waals surface area contributed by atoms with E-state index in [1.165, 1.54) is 31.4 Å². The van der Waals surface area contributed by atoms with Gasteiger partial charge in [-0.05, 0) is 43.6 Å². The van der Waals surface area contributed by atoms with E-state index in [0.717, 1.165) is 19.5 Å². The van der Waals surface area contributed by atoms with Crippen LogP contribution in [0.5, 0.6) is 0 Å². The molecule has 0 saturated carbocycles. The first-order chi connectivity index (χ1) is 9.94. The summed E-state index contributed by atoms with van der Waals surface area (Å²) in [5.41, 5.74) is 0.221. The molecular formula is C14H20N2O4S. The normalized spacial score (nSPS) is 22.8. The van der Waals surface area contributed by atoms with Gasteiger partial charge in [0.05, 0.1) is 17.6 Å². The number of rotatable bonds is 4. The molecule has 1 heterocycles. The van der Waals surface area contributed by atoms with E-state index in [2.05, 4.69) is 14.8 Å². The number of esters is 1. The summed E-state index contributed by atoms with van der Waals surface area (Å²) in [6.07, 6.45) is 0.747. The van der Waals surface area contributed by atoms with Crippen LogP contribution in [0.1, 0.15) is 23.7 Å². The molecule has 1 aromatic carbocycles. The lowest BCUT2D eigenvalue weighted by atomic mass is 9.97. The van der Waals surface area contributed by atoms with E-state index in [1.54, 1.807) is 0 Å². The van der Waals surface area contributed by atoms with Gasteiger partial charge in [0.15, 0.2) is 0 Å². The van der Waals surface area contributed by atoms with Crippen LogP contribution in [0.4, 0.5) is 0 Å². The summed E-state index contributed by atoms with van der Waals surface area (Å²) in [4.78, 5) is 11.6. The predicted molar refractivity (Wildman–Crippen MR) is 78.5 cm³/mol. The van der Waals surface area contributed by atoms with E-state index in [9.17, 15) is 13.2 Å². The van der Waals surface area contributed by atoms with Crippen LogP contribution >= 0.6 is 0 Å². The minimum atomic E-state index is -3.64. The largest absolute Gasteiger partial charge is 0.465 e. The van der Waals surface area contributed by atoms with Gasteiger partial charge >= 0.3 is 5.97 Å². The standard InChI is InChI=1S/C14H20N2O4S/c1-10-9-15-7-6-13(10)16-21(18,19)12-5-3-4-11(8-12)14(17)20-2/h3-5,8,10,13,15-16H,6-7,9H2,1-2H3. The molecule has 0 spiro atoms. The van der Waals surface area contributed by atoms with Gasteiger partial charge in [0, 0.05) is 6.04 Å². The fourth-order valence-electron chi connectivity index (χ4n) is 2.36. The van der Waals surface area contributed by atoms with E-state index in [-0.39, 0.29) is 22.4 Å². The number of carbonyl (C=O) groups is 1. The zero-order chi connectivity index (χ0) is 15.5. The van der Waals surface area contributed by atoms with Gasteiger partial charge in [-0.15, -0.1) is 0 Å². The molecule has 0 radical (unpaired) electrons. The molecule has 2 unspecified atom stereocenters. The highest BCUT2D eigenvalue weighted by atomic mass is 32.2. The highest BCUT2D eigenvalue weighted by Gasteiger charge is 2.27. The van der Waals surface area contributed by atoms with E-state index in [4.69, 9.17) is 0 Å². The van der Waals surface area contributed by atoms with Crippen LogP contribution in [0.2, 0.25) is 0 Å². The molecule has 7 heteroatoms. The number of carbonyl (C=O) groups excluding carboxylic acids is 1. The molecule has 0 aromatic heterocycles. The topological polar surface area (TPSA) is 84.5 Å². The van der Waals surface area contributed by atoms with Crippen LogP contribution in [0.15, 0.2) is 29.2 Å². The van der Waals surface area contributed by atoms with Gasteiger partial charge in [-0.3, -0.25) is 0 Å². The Morgan fingerprint density at radius 3 is 2.86 bits per heavy atom. The van der Waals surface area contributed by atoms with Crippen LogP contribution in [0.25, 0.3) is 0 Å². The summed E-state index contributed by atoms with van der Waals surface area (Å²) in [6.45, 7) is 3.58. The molecular weight excluding hydrogens is 292 g/mol. The molecule has 0 aliphatic carbocycles. The number of benzene rings is 1. The third-order valence-corrected chi connectivity index (χ3v) is 5.14. The van der Waals surface area contributed by atoms with Crippen molar-refractivity contribution in [3.05, 3.63) is 29.8 Å². The van der Waals surface area contributed by atoms with Crippen LogP contribution in [0.3, 0.4) is 0 Å². The Hall–Kier alpha value is -1.44. The average Bonchev–Trinajstić information content (AvgIpc) is 2.49. The van der Waals surface area contributed by atoms with Crippen LogP contribution in [0, 0.1) is 5.92 Å². The Morgan fingerprint density at radius 1 is 1.43 bits per heavy atom. The monoisotopic (exact) mass is 312 g/mol. The molecule has 6 nitrogen and oxygen atoms in total. The molecule has 116 valence electrons. The van der Waals surface area contributed by atoms with Crippen LogP contribution in [-0.4, -0.2) is 40.6 Å². The molecule has 2 N–H and O–H groups in total. The quantitative estimate of drug-likeness (QED) is 0.802. The maximum atomic E-state index is 12.4. The molecule has 0 amide bonds. The third kappa shape index (κ3) is 3.81. The molecule has 1 saturated heterocycles. The lowest BCUT2D eigenvalue weighted by Gasteiger charge is -2.29. The summed E-state index contributed by atoms with van der Waals surface area (Å²) in [6, 6.07) is 5.77. The van der Waals surface area contributed by atoms with E-state index >= 15 is 0 Å². The van der Waals surface area contributed by atoms with Gasteiger partial charge in [0.25, 0.3) is 0 Å². The van der Waals surface area contributed by atoms with E-state index < -0.39 is 16.0 Å². The second-order valence-electron chi connectivity index (χ2n) is 5.22. The number of hydrogen-bond donors (Lipinski definition) is 2. The highest BCUT2D eigenvalue weighted by molar-refractivity contribution is 7.89. The van der Waals surface area contributed by atoms with Crippen molar-refractivity contribution in [2.75, 3.05) is 20.2 Å². The van der Waals surface area contributed by atoms with Gasteiger partial charge in [0.2, 0.25) is 10.0 Å². The van der Waals surface area contributed by atoms with Crippen LogP contribution in [-0.2, 0) is 14.8 Å². The number of hydrogen-bond acceptors (Lipinski definition) is 5. The zero-order valence-electron chi connectivity index (χ0n) is 12.1. The lowest BCUT2D eigenvalue weighted by Crippen LogP contribution is -2.48. The molecule has 0 bridgehead atoms. The summed E-state index contributed by atoms with van der Waals surface area (Å²) in [5.74, 6) is -0.334. The highest BCUT2D eigenvalue weighted by Crippen LogP contribution is 2.17. The van der Waals surface area contributed by atoms with Gasteiger partial charge in [-0.25, -0.2) is 17.9 Å². The Morgan fingerprint density at radius 2 is 2.19 bits per heavy atom. The minimum Gasteiger partial charge on any atom is -0.465 e. The smallest absolute Gasteiger partial charge is 0.337 e. The Bertz CT molecular complexity index is 615. The number of nitrogens with one attached hydrogen (secondary N) is 2. The van der Waals surface area contributed by atoms with Gasteiger partial charge < -0.3 is 10.1 Å². The summed E-state index contributed by atoms with van der Waals surface area (Å²) in [5, 5.41) is 3.23. The van der Waals surface area contributed by atoms with E-state index in [1.807, 2.05) is 6.92 Å². The van der Waals surface area contributed by atoms with Gasteiger partial charge in [-0.2, -0.15) is 0 Å². The molecule has 21 heavy (non-hydrogen) atoms. The molecule has 1 aromatic rings. The first-order valence-corrected chi connectivity index (χ1v) is 8.34. The molecule has 2 rings (SSSR count). The summed E-state index contributed by atoms with van der Waals surface area (Å²) >= 11 is 0. The van der Waals surface area contributed by atoms with Crippen molar-refractivity contribution in [3.8, 4) is 0 Å². The molecule has 1 aliphatic rings. The van der Waals surface area contributed by atoms with Crippen molar-refractivity contribution in [1.82, 2.24) is 10.0 Å². The summed E-state index contributed by atoms with van der Waals surface area (Å²) in [7, 11) is -2.38. The maximum Gasteiger partial charge on any atom is 0.337 e. The van der Waals surface area contributed by atoms with Crippen molar-refractivity contribution in [1.29, 1.82) is 0 Å². The van der Waals surface area contributed by atoms with Gasteiger partial charge in [0.1, 0.15) is 0 Å². The van der Waals surface area contributed by atoms with Crippen molar-refractivity contribution >= 4 is 16.0 Å². The number of piperidine rings is 1. The summed E-state index contributed by atoms with van der Waals surface area (Å²) < 4.78 is 32.2. The minimum absolute atomic E-state index is 0.0798. The van der Waals surface area contributed by atoms with Gasteiger partial charge in [-0.1, -0.05) is 13.0 Å². The molecule has 2 atom stereocenters. The number of methoxy groups -OCH3 is 1. The number of ether oxygens (including phenoxy) is 1. The lowest BCUT2D eigenvalue weighted by molar-refractivity contribution is 0.0600. The molecule has 1 fully saturated rings. The first kappa shape index (κ1) is 15.9. The second kappa shape index (κ2) is 6.55. The zero-order valence-corrected chi connectivity index (χ0v) is 12.9. The second-order valence-corrected chi connectivity index (χ2v) is 6.93. The fourth-order valence-corrected chi connectivity index (χ4v) is 3.79. The average molecular weight is 312 g/mol. The third-order valence-electron chi connectivity index (χ3n) is 3.66. The predicted octanol–water partition coefficient (Wildman–Crippen LogP) is 0.749. The Labute approximate surface area is 124 Å². The molecule has 1 aliphatic heterocycles. The fraction of sp³-hybridized carbons (Fsp3) is 0.500.